The third-order valence-corrected chi connectivity index (χ3v) is 3.92. The van der Waals surface area contributed by atoms with E-state index < -0.39 is 0 Å². The molecule has 1 heterocycles. The van der Waals surface area contributed by atoms with Crippen LogP contribution in [-0.4, -0.2) is 4.98 Å². The first-order valence-electron chi connectivity index (χ1n) is 7.85. The molecule has 0 aliphatic rings. The van der Waals surface area contributed by atoms with Gasteiger partial charge in [-0.25, -0.2) is 4.98 Å². The van der Waals surface area contributed by atoms with Crippen LogP contribution in [-0.2, 0) is 13.0 Å². The van der Waals surface area contributed by atoms with Crippen molar-refractivity contribution in [2.45, 2.75) is 26.8 Å². The summed E-state index contributed by atoms with van der Waals surface area (Å²) in [4.78, 5) is 4.79. The van der Waals surface area contributed by atoms with E-state index in [2.05, 4.69) is 50.2 Å². The molecule has 3 aromatic rings. The van der Waals surface area contributed by atoms with Gasteiger partial charge in [0.15, 0.2) is 0 Å². The van der Waals surface area contributed by atoms with Crippen molar-refractivity contribution in [1.82, 2.24) is 4.98 Å². The lowest BCUT2D eigenvalue weighted by atomic mass is 9.99. The monoisotopic (exact) mass is 290 g/mol. The number of benzene rings is 2. The van der Waals surface area contributed by atoms with Crippen LogP contribution < -0.4 is 5.73 Å². The van der Waals surface area contributed by atoms with E-state index in [1.165, 1.54) is 5.56 Å². The minimum atomic E-state index is 0.529. The summed E-state index contributed by atoms with van der Waals surface area (Å²) < 4.78 is 0. The van der Waals surface area contributed by atoms with E-state index >= 15 is 0 Å². The molecule has 1 aromatic heterocycles. The third kappa shape index (κ3) is 3.02. The minimum absolute atomic E-state index is 0.529. The van der Waals surface area contributed by atoms with Gasteiger partial charge < -0.3 is 5.73 Å². The van der Waals surface area contributed by atoms with E-state index in [1.54, 1.807) is 0 Å². The summed E-state index contributed by atoms with van der Waals surface area (Å²) in [5.41, 5.74) is 11.6. The highest BCUT2D eigenvalue weighted by Crippen LogP contribution is 2.25. The van der Waals surface area contributed by atoms with Gasteiger partial charge in [0, 0.05) is 17.5 Å². The first-order chi connectivity index (χ1) is 10.7. The van der Waals surface area contributed by atoms with Gasteiger partial charge in [-0.1, -0.05) is 56.3 Å². The molecule has 0 saturated heterocycles. The summed E-state index contributed by atoms with van der Waals surface area (Å²) in [7, 11) is 0. The zero-order chi connectivity index (χ0) is 15.5. The van der Waals surface area contributed by atoms with E-state index in [0.717, 1.165) is 34.1 Å². The highest BCUT2D eigenvalue weighted by Gasteiger charge is 2.07. The van der Waals surface area contributed by atoms with Crippen LogP contribution in [0.4, 0.5) is 0 Å². The maximum absolute atomic E-state index is 5.91. The van der Waals surface area contributed by atoms with Crippen molar-refractivity contribution in [3.8, 4) is 11.3 Å². The molecule has 0 aliphatic carbocycles. The average Bonchev–Trinajstić information content (AvgIpc) is 2.54. The van der Waals surface area contributed by atoms with Gasteiger partial charge in [-0.3, -0.25) is 0 Å². The third-order valence-electron chi connectivity index (χ3n) is 3.92. The molecule has 2 nitrogen and oxygen atoms in total. The molecule has 0 saturated carbocycles. The van der Waals surface area contributed by atoms with Crippen molar-refractivity contribution in [2.75, 3.05) is 0 Å². The number of hydrogen-bond acceptors (Lipinski definition) is 2. The fourth-order valence-corrected chi connectivity index (χ4v) is 2.85. The van der Waals surface area contributed by atoms with Crippen molar-refractivity contribution < 1.29 is 0 Å². The van der Waals surface area contributed by atoms with Crippen LogP contribution in [0.15, 0.2) is 54.6 Å². The molecule has 0 atom stereocenters. The lowest BCUT2D eigenvalue weighted by Gasteiger charge is -2.10. The maximum atomic E-state index is 5.91. The topological polar surface area (TPSA) is 38.9 Å². The molecule has 22 heavy (non-hydrogen) atoms. The first kappa shape index (κ1) is 14.7. The number of fused-ring (bicyclic) bond motifs is 1. The molecule has 0 bridgehead atoms. The Morgan fingerprint density at radius 1 is 1.00 bits per heavy atom. The molecule has 3 rings (SSSR count). The first-order valence-corrected chi connectivity index (χ1v) is 7.85. The number of pyridine rings is 1. The van der Waals surface area contributed by atoms with Gasteiger partial charge >= 0.3 is 0 Å². The van der Waals surface area contributed by atoms with E-state index in [1.807, 2.05) is 18.2 Å². The fraction of sp³-hybridized carbons (Fsp3) is 0.250. The number of aromatic nitrogens is 1. The molecule has 2 aromatic carbocycles. The molecule has 2 N–H and O–H groups in total. The van der Waals surface area contributed by atoms with Gasteiger partial charge in [0.1, 0.15) is 0 Å². The Kier molecular flexibility index (Phi) is 4.21. The van der Waals surface area contributed by atoms with Crippen molar-refractivity contribution >= 4 is 10.9 Å². The van der Waals surface area contributed by atoms with E-state index in [4.69, 9.17) is 10.7 Å². The molecule has 0 unspecified atom stereocenters. The van der Waals surface area contributed by atoms with Crippen LogP contribution >= 0.6 is 0 Å². The number of nitrogens with zero attached hydrogens (tertiary/aromatic N) is 1. The Balaban J connectivity index is 2.02. The summed E-state index contributed by atoms with van der Waals surface area (Å²) in [6.07, 6.45) is 1.11. The summed E-state index contributed by atoms with van der Waals surface area (Å²) in [6.45, 7) is 5.01. The number of nitrogens with two attached hydrogens (primary N) is 1. The zero-order valence-electron chi connectivity index (χ0n) is 13.2. The van der Waals surface area contributed by atoms with Gasteiger partial charge in [0.05, 0.1) is 11.2 Å². The molecule has 0 spiro atoms. The standard InChI is InChI=1S/C20H22N2/c1-14(2)11-15-7-9-16(10-8-15)20-12-17(13-21)18-5-3-4-6-19(18)22-20/h3-10,12,14H,11,13,21H2,1-2H3. The predicted octanol–water partition coefficient (Wildman–Crippen LogP) is 4.56. The average molecular weight is 290 g/mol. The highest BCUT2D eigenvalue weighted by atomic mass is 14.7. The lowest BCUT2D eigenvalue weighted by molar-refractivity contribution is 0.647. The Morgan fingerprint density at radius 3 is 2.41 bits per heavy atom. The Morgan fingerprint density at radius 2 is 1.73 bits per heavy atom. The molecule has 0 aliphatic heterocycles. The largest absolute Gasteiger partial charge is 0.326 e. The van der Waals surface area contributed by atoms with Crippen LogP contribution in [0.2, 0.25) is 0 Å². The Bertz CT molecular complexity index is 773. The summed E-state index contributed by atoms with van der Waals surface area (Å²) >= 11 is 0. The molecule has 112 valence electrons. The molecule has 2 heteroatoms. The smallest absolute Gasteiger partial charge is 0.0712 e. The van der Waals surface area contributed by atoms with Crippen molar-refractivity contribution in [3.05, 3.63) is 65.7 Å². The Labute approximate surface area is 132 Å². The molecular formula is C20H22N2. The normalized spacial score (nSPS) is 11.3. The predicted molar refractivity (Wildman–Crippen MR) is 93.6 cm³/mol. The minimum Gasteiger partial charge on any atom is -0.326 e. The van der Waals surface area contributed by atoms with Crippen LogP contribution in [0.25, 0.3) is 22.2 Å². The fourth-order valence-electron chi connectivity index (χ4n) is 2.85. The highest BCUT2D eigenvalue weighted by molar-refractivity contribution is 5.85. The number of rotatable bonds is 4. The van der Waals surface area contributed by atoms with E-state index in [-0.39, 0.29) is 0 Å². The number of para-hydroxylation sites is 1. The van der Waals surface area contributed by atoms with Gasteiger partial charge in [0.2, 0.25) is 0 Å². The van der Waals surface area contributed by atoms with Crippen LogP contribution in [0.1, 0.15) is 25.0 Å². The van der Waals surface area contributed by atoms with Crippen LogP contribution in [0.3, 0.4) is 0 Å². The summed E-state index contributed by atoms with van der Waals surface area (Å²) in [6, 6.07) is 19.0. The van der Waals surface area contributed by atoms with Gasteiger partial charge in [-0.15, -0.1) is 0 Å². The molecule has 0 fully saturated rings. The summed E-state index contributed by atoms with van der Waals surface area (Å²) in [5, 5.41) is 1.14. The van der Waals surface area contributed by atoms with Gasteiger partial charge in [-0.2, -0.15) is 0 Å². The second-order valence-corrected chi connectivity index (χ2v) is 6.18. The summed E-state index contributed by atoms with van der Waals surface area (Å²) in [5.74, 6) is 0.675. The molecular weight excluding hydrogens is 268 g/mol. The van der Waals surface area contributed by atoms with Crippen LogP contribution in [0.5, 0.6) is 0 Å². The maximum Gasteiger partial charge on any atom is 0.0712 e. The van der Waals surface area contributed by atoms with Gasteiger partial charge in [0.25, 0.3) is 0 Å². The lowest BCUT2D eigenvalue weighted by Crippen LogP contribution is -1.99. The van der Waals surface area contributed by atoms with E-state index in [0.29, 0.717) is 12.5 Å². The molecule has 0 amide bonds. The van der Waals surface area contributed by atoms with Crippen LogP contribution in [0, 0.1) is 5.92 Å². The quantitative estimate of drug-likeness (QED) is 0.765. The van der Waals surface area contributed by atoms with E-state index in [9.17, 15) is 0 Å². The van der Waals surface area contributed by atoms with Crippen molar-refractivity contribution in [3.63, 3.8) is 0 Å². The second-order valence-electron chi connectivity index (χ2n) is 6.18. The number of hydrogen-bond donors (Lipinski definition) is 1. The van der Waals surface area contributed by atoms with Gasteiger partial charge in [-0.05, 0) is 35.6 Å². The Hall–Kier alpha value is -2.19. The SMILES string of the molecule is CC(C)Cc1ccc(-c2cc(CN)c3ccccc3n2)cc1. The second kappa shape index (κ2) is 6.29. The van der Waals surface area contributed by atoms with Crippen molar-refractivity contribution in [1.29, 1.82) is 0 Å². The van der Waals surface area contributed by atoms with Crippen molar-refractivity contribution in [2.24, 2.45) is 11.7 Å². The molecule has 0 radical (unpaired) electrons. The zero-order valence-corrected chi connectivity index (χ0v) is 13.2.